The number of ether oxygens (including phenoxy) is 1. The van der Waals surface area contributed by atoms with Gasteiger partial charge in [0.1, 0.15) is 0 Å². The summed E-state index contributed by atoms with van der Waals surface area (Å²) < 4.78 is 5.83. The summed E-state index contributed by atoms with van der Waals surface area (Å²) in [6.07, 6.45) is 11.6. The number of ketones is 1. The summed E-state index contributed by atoms with van der Waals surface area (Å²) in [6.45, 7) is 9.53. The lowest BCUT2D eigenvalue weighted by Gasteiger charge is -2.65. The second-order valence-electron chi connectivity index (χ2n) is 12.9. The number of methoxy groups -OCH3 is 1. The minimum Gasteiger partial charge on any atom is -0.481 e. The molecule has 0 radical (unpaired) electrons. The number of carbonyl (C=O) groups excluding carboxylic acids is 1. The van der Waals surface area contributed by atoms with Gasteiger partial charge in [-0.1, -0.05) is 33.3 Å². The highest BCUT2D eigenvalue weighted by molar-refractivity contribution is 5.95. The van der Waals surface area contributed by atoms with E-state index in [1.165, 1.54) is 18.4 Å². The van der Waals surface area contributed by atoms with Crippen molar-refractivity contribution in [1.82, 2.24) is 0 Å². The summed E-state index contributed by atoms with van der Waals surface area (Å²) in [5.74, 6) is 1.24. The number of carboxylic acids is 1. The van der Waals surface area contributed by atoms with Crippen molar-refractivity contribution in [1.29, 1.82) is 0 Å². The summed E-state index contributed by atoms with van der Waals surface area (Å²) in [5, 5.41) is 9.73. The van der Waals surface area contributed by atoms with Crippen LogP contribution in [-0.2, 0) is 14.3 Å². The van der Waals surface area contributed by atoms with Crippen molar-refractivity contribution in [3.63, 3.8) is 0 Å². The maximum atomic E-state index is 14.0. The number of fused-ring (bicyclic) bond motifs is 7. The predicted octanol–water partition coefficient (Wildman–Crippen LogP) is 5.90. The molecule has 0 aromatic rings. The molecule has 0 heterocycles. The number of hydrogen-bond donors (Lipinski definition) is 1. The van der Waals surface area contributed by atoms with Crippen LogP contribution in [0.3, 0.4) is 0 Å². The Morgan fingerprint density at radius 1 is 1.00 bits per heavy atom. The van der Waals surface area contributed by atoms with E-state index in [0.29, 0.717) is 36.1 Å². The number of rotatable bonds is 2. The quantitative estimate of drug-likeness (QED) is 0.578. The molecule has 4 nitrogen and oxygen atoms in total. The van der Waals surface area contributed by atoms with Gasteiger partial charge in [-0.15, -0.1) is 0 Å². The van der Waals surface area contributed by atoms with Crippen molar-refractivity contribution in [3.05, 3.63) is 11.6 Å². The maximum Gasteiger partial charge on any atom is 0.306 e. The van der Waals surface area contributed by atoms with Gasteiger partial charge in [-0.25, -0.2) is 0 Å². The average Bonchev–Trinajstić information content (AvgIpc) is 2.72. The Labute approximate surface area is 193 Å². The van der Waals surface area contributed by atoms with Gasteiger partial charge in [-0.05, 0) is 104 Å². The van der Waals surface area contributed by atoms with Crippen LogP contribution >= 0.6 is 0 Å². The topological polar surface area (TPSA) is 63.6 Å². The first-order valence-electron chi connectivity index (χ1n) is 13.1. The Bertz CT molecular complexity index is 846. The molecule has 178 valence electrons. The van der Waals surface area contributed by atoms with Crippen LogP contribution < -0.4 is 0 Å². The van der Waals surface area contributed by atoms with Crippen LogP contribution in [0.5, 0.6) is 0 Å². The highest BCUT2D eigenvalue weighted by Crippen LogP contribution is 2.69. The van der Waals surface area contributed by atoms with Gasteiger partial charge < -0.3 is 9.84 Å². The molecule has 1 N–H and O–H groups in total. The lowest BCUT2D eigenvalue weighted by Crippen LogP contribution is -2.62. The lowest BCUT2D eigenvalue weighted by molar-refractivity contribution is -0.171. The lowest BCUT2D eigenvalue weighted by atomic mass is 9.38. The molecule has 0 aliphatic heterocycles. The van der Waals surface area contributed by atoms with E-state index >= 15 is 0 Å². The molecule has 0 aromatic carbocycles. The van der Waals surface area contributed by atoms with Gasteiger partial charge in [0.05, 0.1) is 12.0 Å². The van der Waals surface area contributed by atoms with E-state index in [9.17, 15) is 14.7 Å². The summed E-state index contributed by atoms with van der Waals surface area (Å²) in [4.78, 5) is 25.8. The summed E-state index contributed by atoms with van der Waals surface area (Å²) in [5.41, 5.74) is 1.53. The van der Waals surface area contributed by atoms with E-state index in [2.05, 4.69) is 27.7 Å². The number of hydrogen-bond acceptors (Lipinski definition) is 3. The minimum absolute atomic E-state index is 0.00351. The van der Waals surface area contributed by atoms with Crippen molar-refractivity contribution in [2.75, 3.05) is 7.11 Å². The fourth-order valence-electron chi connectivity index (χ4n) is 9.90. The first-order valence-corrected chi connectivity index (χ1v) is 13.1. The Morgan fingerprint density at radius 2 is 1.69 bits per heavy atom. The van der Waals surface area contributed by atoms with Crippen LogP contribution in [0.25, 0.3) is 0 Å². The van der Waals surface area contributed by atoms with E-state index < -0.39 is 5.97 Å². The van der Waals surface area contributed by atoms with Crippen molar-refractivity contribution < 1.29 is 19.4 Å². The van der Waals surface area contributed by atoms with Crippen LogP contribution in [0.2, 0.25) is 0 Å². The zero-order valence-electron chi connectivity index (χ0n) is 20.7. The van der Waals surface area contributed by atoms with Crippen molar-refractivity contribution >= 4 is 11.8 Å². The molecule has 0 saturated heterocycles. The molecule has 10 atom stereocenters. The van der Waals surface area contributed by atoms with Crippen molar-refractivity contribution in [2.24, 2.45) is 51.8 Å². The van der Waals surface area contributed by atoms with Crippen molar-refractivity contribution in [2.45, 2.75) is 91.6 Å². The first-order chi connectivity index (χ1) is 15.0. The molecule has 0 amide bonds. The third-order valence-electron chi connectivity index (χ3n) is 11.6. The van der Waals surface area contributed by atoms with Gasteiger partial charge in [0.2, 0.25) is 0 Å². The Balaban J connectivity index is 1.53. The fourth-order valence-corrected chi connectivity index (χ4v) is 9.90. The Kier molecular flexibility index (Phi) is 5.24. The zero-order chi connectivity index (χ0) is 23.1. The normalized spacial score (nSPS) is 52.7. The number of allylic oxidation sites excluding steroid dienone is 2. The predicted molar refractivity (Wildman–Crippen MR) is 124 cm³/mol. The molecule has 7 unspecified atom stereocenters. The Morgan fingerprint density at radius 3 is 2.38 bits per heavy atom. The monoisotopic (exact) mass is 442 g/mol. The largest absolute Gasteiger partial charge is 0.481 e. The van der Waals surface area contributed by atoms with Crippen LogP contribution in [0.1, 0.15) is 85.5 Å². The molecule has 4 heteroatoms. The van der Waals surface area contributed by atoms with E-state index in [-0.39, 0.29) is 34.0 Å². The average molecular weight is 443 g/mol. The smallest absolute Gasteiger partial charge is 0.306 e. The van der Waals surface area contributed by atoms with Crippen LogP contribution in [0.15, 0.2) is 11.6 Å². The molecule has 4 fully saturated rings. The third-order valence-corrected chi connectivity index (χ3v) is 11.6. The maximum absolute atomic E-state index is 14.0. The molecule has 32 heavy (non-hydrogen) atoms. The SMILES string of the molecule is COC1CCC2(C)C(CCC3(C)C4CCC5(C)CC[C@H](C(=O)O)C[C@H]5C4=CC(=O)C32)[C@H]1C. The molecule has 5 aliphatic rings. The van der Waals surface area contributed by atoms with Gasteiger partial charge in [-0.3, -0.25) is 9.59 Å². The standard InChI is InChI=1S/C28H42O4/c1-16-19-8-12-28(4)20-7-11-26(2)10-6-17(25(30)31)14-21(26)18(20)15-22(29)24(28)27(19,3)13-9-23(16)32-5/h15-17,19-21,23-24H,6-14H2,1-5H3,(H,30,31)/t16-,17+,19?,20?,21+,23?,24?,26?,27?,28?/m1/s1. The fraction of sp³-hybridized carbons (Fsp3) is 0.857. The van der Waals surface area contributed by atoms with Crippen LogP contribution in [-0.4, -0.2) is 30.1 Å². The number of aliphatic carboxylic acids is 1. The highest BCUT2D eigenvalue weighted by atomic mass is 16.5. The molecule has 0 bridgehead atoms. The summed E-state index contributed by atoms with van der Waals surface area (Å²) in [6, 6.07) is 0. The van der Waals surface area contributed by atoms with Gasteiger partial charge in [-0.2, -0.15) is 0 Å². The van der Waals surface area contributed by atoms with Gasteiger partial charge in [0.25, 0.3) is 0 Å². The summed E-state index contributed by atoms with van der Waals surface area (Å²) >= 11 is 0. The third kappa shape index (κ3) is 2.96. The molecule has 0 spiro atoms. The molecule has 5 rings (SSSR count). The van der Waals surface area contributed by atoms with Crippen molar-refractivity contribution in [3.8, 4) is 0 Å². The second kappa shape index (κ2) is 7.42. The van der Waals surface area contributed by atoms with E-state index in [4.69, 9.17) is 4.74 Å². The molecular weight excluding hydrogens is 400 g/mol. The van der Waals surface area contributed by atoms with Crippen LogP contribution in [0, 0.1) is 51.8 Å². The van der Waals surface area contributed by atoms with E-state index in [1.54, 1.807) is 0 Å². The second-order valence-corrected chi connectivity index (χ2v) is 12.9. The molecular formula is C28H42O4. The van der Waals surface area contributed by atoms with E-state index in [1.807, 2.05) is 13.2 Å². The molecule has 4 saturated carbocycles. The van der Waals surface area contributed by atoms with Gasteiger partial charge in [0, 0.05) is 13.0 Å². The Hall–Kier alpha value is -1.16. The molecule has 0 aromatic heterocycles. The minimum atomic E-state index is -0.655. The van der Waals surface area contributed by atoms with Gasteiger partial charge >= 0.3 is 5.97 Å². The number of carboxylic acid groups (broad SMARTS) is 1. The van der Waals surface area contributed by atoms with E-state index in [0.717, 1.165) is 38.5 Å². The number of carbonyl (C=O) groups is 2. The molecule has 5 aliphatic carbocycles. The van der Waals surface area contributed by atoms with Gasteiger partial charge in [0.15, 0.2) is 5.78 Å². The van der Waals surface area contributed by atoms with Crippen LogP contribution in [0.4, 0.5) is 0 Å². The highest BCUT2D eigenvalue weighted by Gasteiger charge is 2.65. The first kappa shape index (κ1) is 22.6. The zero-order valence-corrected chi connectivity index (χ0v) is 20.7. The summed E-state index contributed by atoms with van der Waals surface area (Å²) in [7, 11) is 1.84.